The van der Waals surface area contributed by atoms with Crippen LogP contribution in [-0.2, 0) is 11.2 Å². The molecule has 0 aromatic carbocycles. The smallest absolute Gasteiger partial charge is 0.303 e. The number of carbonyl (C=O) groups is 1. The second kappa shape index (κ2) is 5.13. The molecule has 2 rings (SSSR count). The largest absolute Gasteiger partial charge is 0.481 e. The maximum absolute atomic E-state index is 10.7. The van der Waals surface area contributed by atoms with Crippen LogP contribution < -0.4 is 0 Å². The molecule has 0 saturated carbocycles. The highest BCUT2D eigenvalue weighted by Crippen LogP contribution is 2.26. The number of aromatic nitrogens is 4. The van der Waals surface area contributed by atoms with Crippen LogP contribution in [0.2, 0.25) is 0 Å². The van der Waals surface area contributed by atoms with Crippen LogP contribution in [0, 0.1) is 5.41 Å². The Kier molecular flexibility index (Phi) is 3.55. The zero-order chi connectivity index (χ0) is 13.9. The van der Waals surface area contributed by atoms with Crippen molar-refractivity contribution in [3.8, 4) is 11.5 Å². The predicted molar refractivity (Wildman–Crippen MR) is 65.1 cm³/mol. The molecule has 0 aliphatic heterocycles. The highest BCUT2D eigenvalue weighted by Gasteiger charge is 2.25. The van der Waals surface area contributed by atoms with Crippen molar-refractivity contribution in [3.63, 3.8) is 0 Å². The fourth-order valence-electron chi connectivity index (χ4n) is 1.73. The minimum Gasteiger partial charge on any atom is -0.481 e. The third kappa shape index (κ3) is 3.57. The molecular formula is C12H14N4O3. The Morgan fingerprint density at radius 3 is 2.63 bits per heavy atom. The first-order valence-corrected chi connectivity index (χ1v) is 5.76. The van der Waals surface area contributed by atoms with Crippen molar-refractivity contribution in [1.29, 1.82) is 0 Å². The van der Waals surface area contributed by atoms with Crippen molar-refractivity contribution in [2.45, 2.75) is 26.7 Å². The molecule has 2 aromatic heterocycles. The van der Waals surface area contributed by atoms with Crippen molar-refractivity contribution in [2.75, 3.05) is 0 Å². The molecule has 0 bridgehead atoms. The lowest BCUT2D eigenvalue weighted by Gasteiger charge is -2.19. The first-order valence-electron chi connectivity index (χ1n) is 5.76. The molecule has 7 heteroatoms. The van der Waals surface area contributed by atoms with Crippen LogP contribution in [0.25, 0.3) is 11.5 Å². The van der Waals surface area contributed by atoms with Crippen LogP contribution in [0.3, 0.4) is 0 Å². The fraction of sp³-hybridized carbons (Fsp3) is 0.417. The molecule has 100 valence electrons. The van der Waals surface area contributed by atoms with Crippen molar-refractivity contribution in [2.24, 2.45) is 5.41 Å². The van der Waals surface area contributed by atoms with Gasteiger partial charge in [0.05, 0.1) is 12.0 Å². The van der Waals surface area contributed by atoms with E-state index in [9.17, 15) is 4.79 Å². The minimum atomic E-state index is -0.846. The van der Waals surface area contributed by atoms with Crippen LogP contribution in [0.4, 0.5) is 0 Å². The van der Waals surface area contributed by atoms with Gasteiger partial charge < -0.3 is 9.52 Å². The van der Waals surface area contributed by atoms with Gasteiger partial charge in [0.15, 0.2) is 0 Å². The summed E-state index contributed by atoms with van der Waals surface area (Å²) in [6.07, 6.45) is 5.01. The zero-order valence-electron chi connectivity index (χ0n) is 10.7. The summed E-state index contributed by atoms with van der Waals surface area (Å²) in [4.78, 5) is 18.5. The monoisotopic (exact) mass is 262 g/mol. The number of carboxylic acid groups (broad SMARTS) is 1. The molecular weight excluding hydrogens is 248 g/mol. The quantitative estimate of drug-likeness (QED) is 0.872. The van der Waals surface area contributed by atoms with E-state index >= 15 is 0 Å². The van der Waals surface area contributed by atoms with E-state index in [2.05, 4.69) is 20.2 Å². The molecule has 0 spiro atoms. The molecule has 0 unspecified atom stereocenters. The maximum Gasteiger partial charge on any atom is 0.303 e. The third-order valence-electron chi connectivity index (χ3n) is 2.53. The summed E-state index contributed by atoms with van der Waals surface area (Å²) in [7, 11) is 0. The van der Waals surface area contributed by atoms with Crippen LogP contribution >= 0.6 is 0 Å². The molecule has 0 aliphatic carbocycles. The number of carboxylic acids is 1. The van der Waals surface area contributed by atoms with Gasteiger partial charge in [-0.25, -0.2) is 9.97 Å². The molecule has 2 heterocycles. The second-order valence-electron chi connectivity index (χ2n) is 5.04. The highest BCUT2D eigenvalue weighted by molar-refractivity contribution is 5.67. The Morgan fingerprint density at radius 1 is 1.32 bits per heavy atom. The van der Waals surface area contributed by atoms with Gasteiger partial charge in [0.25, 0.3) is 5.89 Å². The van der Waals surface area contributed by atoms with Crippen LogP contribution in [0.5, 0.6) is 0 Å². The number of hydrogen-bond donors (Lipinski definition) is 1. The van der Waals surface area contributed by atoms with Crippen molar-refractivity contribution in [1.82, 2.24) is 20.2 Å². The SMILES string of the molecule is CC(C)(CC(=O)O)Cc1nnc(-c2cncnc2)o1. The molecule has 1 N–H and O–H groups in total. The average Bonchev–Trinajstić information content (AvgIpc) is 2.76. The molecule has 0 fully saturated rings. The number of nitrogens with zero attached hydrogens (tertiary/aromatic N) is 4. The summed E-state index contributed by atoms with van der Waals surface area (Å²) in [6, 6.07) is 0. The zero-order valence-corrected chi connectivity index (χ0v) is 10.7. The van der Waals surface area contributed by atoms with Crippen molar-refractivity contribution < 1.29 is 14.3 Å². The number of rotatable bonds is 5. The van der Waals surface area contributed by atoms with E-state index in [-0.39, 0.29) is 6.42 Å². The molecule has 0 radical (unpaired) electrons. The Balaban J connectivity index is 2.12. The molecule has 0 atom stereocenters. The summed E-state index contributed by atoms with van der Waals surface area (Å²) >= 11 is 0. The molecule has 0 aliphatic rings. The first-order chi connectivity index (χ1) is 8.96. The van der Waals surface area contributed by atoms with Gasteiger partial charge in [-0.3, -0.25) is 4.79 Å². The summed E-state index contributed by atoms with van der Waals surface area (Å²) < 4.78 is 5.49. The Morgan fingerprint density at radius 2 is 2.00 bits per heavy atom. The van der Waals surface area contributed by atoms with E-state index in [0.29, 0.717) is 23.8 Å². The van der Waals surface area contributed by atoms with E-state index in [1.54, 1.807) is 12.4 Å². The Bertz CT molecular complexity index is 565. The number of hydrogen-bond acceptors (Lipinski definition) is 6. The van der Waals surface area contributed by atoms with Gasteiger partial charge in [0.2, 0.25) is 5.89 Å². The van der Waals surface area contributed by atoms with E-state index < -0.39 is 11.4 Å². The second-order valence-corrected chi connectivity index (χ2v) is 5.04. The lowest BCUT2D eigenvalue weighted by atomic mass is 9.86. The fourth-order valence-corrected chi connectivity index (χ4v) is 1.73. The van der Waals surface area contributed by atoms with Crippen LogP contribution in [0.15, 0.2) is 23.1 Å². The topological polar surface area (TPSA) is 102 Å². The third-order valence-corrected chi connectivity index (χ3v) is 2.53. The Labute approximate surface area is 109 Å². The van der Waals surface area contributed by atoms with Gasteiger partial charge in [-0.05, 0) is 5.41 Å². The van der Waals surface area contributed by atoms with Gasteiger partial charge in [0.1, 0.15) is 6.33 Å². The molecule has 0 amide bonds. The summed E-state index contributed by atoms with van der Waals surface area (Å²) in [5, 5.41) is 16.7. The lowest BCUT2D eigenvalue weighted by Crippen LogP contribution is -2.19. The average molecular weight is 262 g/mol. The van der Waals surface area contributed by atoms with Crippen molar-refractivity contribution >= 4 is 5.97 Å². The normalized spacial score (nSPS) is 11.5. The van der Waals surface area contributed by atoms with E-state index in [0.717, 1.165) is 0 Å². The van der Waals surface area contributed by atoms with Gasteiger partial charge in [-0.1, -0.05) is 13.8 Å². The summed E-state index contributed by atoms with van der Waals surface area (Å²) in [5.41, 5.74) is 0.195. The minimum absolute atomic E-state index is 0.0408. The molecule has 19 heavy (non-hydrogen) atoms. The van der Waals surface area contributed by atoms with Crippen LogP contribution in [-0.4, -0.2) is 31.2 Å². The predicted octanol–water partition coefficient (Wildman–Crippen LogP) is 1.57. The highest BCUT2D eigenvalue weighted by atomic mass is 16.4. The van der Waals surface area contributed by atoms with E-state index in [4.69, 9.17) is 9.52 Å². The van der Waals surface area contributed by atoms with Crippen molar-refractivity contribution in [3.05, 3.63) is 24.6 Å². The number of aliphatic carboxylic acids is 1. The van der Waals surface area contributed by atoms with Gasteiger partial charge in [-0.15, -0.1) is 10.2 Å². The summed E-state index contributed by atoms with van der Waals surface area (Å²) in [6.45, 7) is 3.69. The maximum atomic E-state index is 10.7. The standard InChI is InChI=1S/C12H14N4O3/c1-12(2,4-10(17)18)3-9-15-16-11(19-9)8-5-13-7-14-6-8/h5-7H,3-4H2,1-2H3,(H,17,18). The molecule has 0 saturated heterocycles. The Hall–Kier alpha value is -2.31. The van der Waals surface area contributed by atoms with Gasteiger partial charge in [-0.2, -0.15) is 0 Å². The van der Waals surface area contributed by atoms with E-state index in [1.807, 2.05) is 13.8 Å². The lowest BCUT2D eigenvalue weighted by molar-refractivity contribution is -0.139. The molecule has 7 nitrogen and oxygen atoms in total. The molecule has 2 aromatic rings. The van der Waals surface area contributed by atoms with Gasteiger partial charge >= 0.3 is 5.97 Å². The van der Waals surface area contributed by atoms with E-state index in [1.165, 1.54) is 6.33 Å². The van der Waals surface area contributed by atoms with Crippen LogP contribution in [0.1, 0.15) is 26.2 Å². The first kappa shape index (κ1) is 13.1. The van der Waals surface area contributed by atoms with Gasteiger partial charge in [0, 0.05) is 18.8 Å². The summed E-state index contributed by atoms with van der Waals surface area (Å²) in [5.74, 6) is -0.104.